The van der Waals surface area contributed by atoms with E-state index in [0.29, 0.717) is 4.75 Å². The smallest absolute Gasteiger partial charge is 0.0225 e. The van der Waals surface area contributed by atoms with Crippen LogP contribution < -0.4 is 5.32 Å². The van der Waals surface area contributed by atoms with Crippen molar-refractivity contribution >= 4 is 11.8 Å². The molecule has 1 nitrogen and oxygen atoms in total. The van der Waals surface area contributed by atoms with E-state index in [9.17, 15) is 0 Å². The third-order valence-corrected chi connectivity index (χ3v) is 4.56. The summed E-state index contributed by atoms with van der Waals surface area (Å²) in [4.78, 5) is 0. The molecule has 17 heavy (non-hydrogen) atoms. The average Bonchev–Trinajstić information content (AvgIpc) is 2.31. The van der Waals surface area contributed by atoms with Gasteiger partial charge in [-0.05, 0) is 33.1 Å². The topological polar surface area (TPSA) is 12.0 Å². The van der Waals surface area contributed by atoms with E-state index in [-0.39, 0.29) is 0 Å². The molecule has 104 valence electrons. The predicted molar refractivity (Wildman–Crippen MR) is 83.1 cm³/mol. The maximum atomic E-state index is 3.57. The Morgan fingerprint density at radius 3 is 1.94 bits per heavy atom. The molecule has 0 saturated carbocycles. The number of rotatable bonds is 12. The van der Waals surface area contributed by atoms with Crippen LogP contribution in [0.3, 0.4) is 0 Å². The summed E-state index contributed by atoms with van der Waals surface area (Å²) in [5, 5.41) is 3.57. The minimum absolute atomic E-state index is 0.389. The maximum absolute atomic E-state index is 3.57. The third kappa shape index (κ3) is 12.6. The number of thioether (sulfide) groups is 1. The zero-order valence-corrected chi connectivity index (χ0v) is 13.3. The molecule has 0 aliphatic heterocycles. The van der Waals surface area contributed by atoms with E-state index in [1.54, 1.807) is 0 Å². The predicted octanol–water partition coefficient (Wildman–Crippen LogP) is 4.86. The van der Waals surface area contributed by atoms with E-state index < -0.39 is 0 Å². The standard InChI is InChI=1S/C15H33NS/c1-5-6-7-8-9-10-11-12-13-16-14-15(2,3)17-4/h16H,5-14H2,1-4H3. The normalized spacial score (nSPS) is 12.0. The Bertz CT molecular complexity index is 157. The van der Waals surface area contributed by atoms with Gasteiger partial charge in [0.1, 0.15) is 0 Å². The van der Waals surface area contributed by atoms with Gasteiger partial charge in [0.2, 0.25) is 0 Å². The lowest BCUT2D eigenvalue weighted by Gasteiger charge is -2.22. The SMILES string of the molecule is CCCCCCCCCCNCC(C)(C)SC. The van der Waals surface area contributed by atoms with Crippen LogP contribution in [-0.4, -0.2) is 24.1 Å². The van der Waals surface area contributed by atoms with Gasteiger partial charge < -0.3 is 5.32 Å². The van der Waals surface area contributed by atoms with Crippen molar-refractivity contribution in [3.8, 4) is 0 Å². The van der Waals surface area contributed by atoms with Gasteiger partial charge in [-0.15, -0.1) is 0 Å². The molecular formula is C15H33NS. The van der Waals surface area contributed by atoms with Crippen LogP contribution in [0.2, 0.25) is 0 Å². The van der Waals surface area contributed by atoms with Gasteiger partial charge >= 0.3 is 0 Å². The van der Waals surface area contributed by atoms with Crippen molar-refractivity contribution in [2.75, 3.05) is 19.3 Å². The fraction of sp³-hybridized carbons (Fsp3) is 1.00. The van der Waals surface area contributed by atoms with E-state index in [1.165, 1.54) is 57.9 Å². The molecule has 0 heterocycles. The Labute approximate surface area is 114 Å². The van der Waals surface area contributed by atoms with E-state index >= 15 is 0 Å². The highest BCUT2D eigenvalue weighted by Gasteiger charge is 2.14. The van der Waals surface area contributed by atoms with Crippen LogP contribution in [0.1, 0.15) is 72.1 Å². The average molecular weight is 260 g/mol. The summed E-state index contributed by atoms with van der Waals surface area (Å²) >= 11 is 1.94. The molecule has 0 aliphatic carbocycles. The third-order valence-electron chi connectivity index (χ3n) is 3.31. The summed E-state index contributed by atoms with van der Waals surface area (Å²) in [6.45, 7) is 9.21. The summed E-state index contributed by atoms with van der Waals surface area (Å²) in [6, 6.07) is 0. The van der Waals surface area contributed by atoms with Gasteiger partial charge in [-0.25, -0.2) is 0 Å². The van der Waals surface area contributed by atoms with Gasteiger partial charge in [0.25, 0.3) is 0 Å². The van der Waals surface area contributed by atoms with Gasteiger partial charge in [0.05, 0.1) is 0 Å². The first-order valence-corrected chi connectivity index (χ1v) is 8.60. The van der Waals surface area contributed by atoms with E-state index in [2.05, 4.69) is 32.3 Å². The number of nitrogens with one attached hydrogen (secondary N) is 1. The van der Waals surface area contributed by atoms with Crippen LogP contribution in [-0.2, 0) is 0 Å². The molecule has 0 rings (SSSR count). The molecule has 0 aromatic heterocycles. The first-order valence-electron chi connectivity index (χ1n) is 7.38. The minimum Gasteiger partial charge on any atom is -0.315 e. The second-order valence-electron chi connectivity index (χ2n) is 5.62. The highest BCUT2D eigenvalue weighted by Crippen LogP contribution is 2.19. The summed E-state index contributed by atoms with van der Waals surface area (Å²) in [5.74, 6) is 0. The van der Waals surface area contributed by atoms with Gasteiger partial charge in [-0.2, -0.15) is 11.8 Å². The minimum atomic E-state index is 0.389. The quantitative estimate of drug-likeness (QED) is 0.502. The van der Waals surface area contributed by atoms with Crippen LogP contribution in [0.4, 0.5) is 0 Å². The van der Waals surface area contributed by atoms with Crippen LogP contribution in [0.5, 0.6) is 0 Å². The lowest BCUT2D eigenvalue weighted by atomic mass is 10.1. The second-order valence-corrected chi connectivity index (χ2v) is 7.13. The Morgan fingerprint density at radius 1 is 0.882 bits per heavy atom. The molecule has 0 aliphatic rings. The molecule has 0 atom stereocenters. The largest absolute Gasteiger partial charge is 0.315 e. The van der Waals surface area contributed by atoms with E-state index in [4.69, 9.17) is 0 Å². The fourth-order valence-corrected chi connectivity index (χ4v) is 2.09. The highest BCUT2D eigenvalue weighted by molar-refractivity contribution is 7.99. The van der Waals surface area contributed by atoms with Crippen molar-refractivity contribution in [3.05, 3.63) is 0 Å². The Hall–Kier alpha value is 0.310. The Balaban J connectivity index is 3.09. The van der Waals surface area contributed by atoms with Crippen molar-refractivity contribution in [2.24, 2.45) is 0 Å². The number of hydrogen-bond donors (Lipinski definition) is 1. The van der Waals surface area contributed by atoms with Gasteiger partial charge in [-0.3, -0.25) is 0 Å². The molecule has 0 bridgehead atoms. The number of hydrogen-bond acceptors (Lipinski definition) is 2. The molecule has 0 amide bonds. The molecule has 0 unspecified atom stereocenters. The zero-order valence-electron chi connectivity index (χ0n) is 12.5. The van der Waals surface area contributed by atoms with Crippen molar-refractivity contribution in [2.45, 2.75) is 76.9 Å². The van der Waals surface area contributed by atoms with E-state index in [0.717, 1.165) is 6.54 Å². The second kappa shape index (κ2) is 11.4. The molecule has 0 spiro atoms. The van der Waals surface area contributed by atoms with Gasteiger partial charge in [-0.1, -0.05) is 51.9 Å². The van der Waals surface area contributed by atoms with Crippen molar-refractivity contribution in [3.63, 3.8) is 0 Å². The fourth-order valence-electron chi connectivity index (χ4n) is 1.85. The number of unbranched alkanes of at least 4 members (excludes halogenated alkanes) is 7. The van der Waals surface area contributed by atoms with Crippen LogP contribution in [0.15, 0.2) is 0 Å². The van der Waals surface area contributed by atoms with Crippen molar-refractivity contribution < 1.29 is 0 Å². The summed E-state index contributed by atoms with van der Waals surface area (Å²) in [5.41, 5.74) is 0. The lowest BCUT2D eigenvalue weighted by Crippen LogP contribution is -2.32. The van der Waals surface area contributed by atoms with Crippen molar-refractivity contribution in [1.29, 1.82) is 0 Å². The first-order chi connectivity index (χ1) is 8.12. The van der Waals surface area contributed by atoms with Crippen LogP contribution in [0, 0.1) is 0 Å². The highest BCUT2D eigenvalue weighted by atomic mass is 32.2. The Morgan fingerprint density at radius 2 is 1.41 bits per heavy atom. The molecule has 0 radical (unpaired) electrons. The van der Waals surface area contributed by atoms with Gasteiger partial charge in [0.15, 0.2) is 0 Å². The molecular weight excluding hydrogens is 226 g/mol. The molecule has 2 heteroatoms. The molecule has 0 saturated heterocycles. The monoisotopic (exact) mass is 259 g/mol. The molecule has 0 fully saturated rings. The summed E-state index contributed by atoms with van der Waals surface area (Å²) < 4.78 is 0.389. The van der Waals surface area contributed by atoms with Crippen LogP contribution >= 0.6 is 11.8 Å². The molecule has 1 N–H and O–H groups in total. The van der Waals surface area contributed by atoms with Gasteiger partial charge in [0, 0.05) is 11.3 Å². The summed E-state index contributed by atoms with van der Waals surface area (Å²) in [7, 11) is 0. The lowest BCUT2D eigenvalue weighted by molar-refractivity contribution is 0.536. The van der Waals surface area contributed by atoms with E-state index in [1.807, 2.05) is 11.8 Å². The van der Waals surface area contributed by atoms with Crippen LogP contribution in [0.25, 0.3) is 0 Å². The molecule has 0 aromatic rings. The summed E-state index contributed by atoms with van der Waals surface area (Å²) in [6.07, 6.45) is 13.5. The zero-order chi connectivity index (χ0) is 13.0. The first kappa shape index (κ1) is 17.3. The maximum Gasteiger partial charge on any atom is 0.0225 e. The Kier molecular flexibility index (Phi) is 11.6. The molecule has 0 aromatic carbocycles. The van der Waals surface area contributed by atoms with Crippen molar-refractivity contribution in [1.82, 2.24) is 5.32 Å².